The molecule has 1 amide bonds. The maximum Gasteiger partial charge on any atom is 0.279 e. The third-order valence-corrected chi connectivity index (χ3v) is 7.08. The van der Waals surface area contributed by atoms with Crippen LogP contribution in [0, 0.1) is 0 Å². The fourth-order valence-corrected chi connectivity index (χ4v) is 4.73. The number of anilines is 1. The van der Waals surface area contributed by atoms with Gasteiger partial charge in [-0.2, -0.15) is 4.31 Å². The first kappa shape index (κ1) is 20.1. The summed E-state index contributed by atoms with van der Waals surface area (Å²) in [6.45, 7) is 2.17. The number of halogens is 2. The van der Waals surface area contributed by atoms with Crippen molar-refractivity contribution in [1.29, 1.82) is 0 Å². The second-order valence-electron chi connectivity index (χ2n) is 6.32. The van der Waals surface area contributed by atoms with E-state index in [2.05, 4.69) is 5.32 Å². The number of benzene rings is 2. The Balaban J connectivity index is 1.53. The lowest BCUT2D eigenvalue weighted by Gasteiger charge is -2.31. The van der Waals surface area contributed by atoms with Gasteiger partial charge in [-0.1, -0.05) is 41.4 Å². The van der Waals surface area contributed by atoms with Gasteiger partial charge >= 0.3 is 0 Å². The molecule has 2 aromatic carbocycles. The average Bonchev–Trinajstić information content (AvgIpc) is 2.66. The van der Waals surface area contributed by atoms with Gasteiger partial charge in [0.1, 0.15) is 0 Å². The number of piperazine rings is 1. The summed E-state index contributed by atoms with van der Waals surface area (Å²) in [7, 11) is -3.48. The average molecular weight is 429 g/mol. The lowest BCUT2D eigenvalue weighted by atomic mass is 10.3. The Morgan fingerprint density at radius 3 is 2.33 bits per heavy atom. The van der Waals surface area contributed by atoms with Crippen LogP contribution in [0.25, 0.3) is 0 Å². The first-order valence-corrected chi connectivity index (χ1v) is 10.7. The van der Waals surface area contributed by atoms with Crippen molar-refractivity contribution >= 4 is 44.8 Å². The normalized spacial score (nSPS) is 16.2. The highest BCUT2D eigenvalue weighted by Gasteiger charge is 2.30. The molecule has 0 atom stereocenters. The van der Waals surface area contributed by atoms with Crippen molar-refractivity contribution in [2.45, 2.75) is 4.90 Å². The molecular formula is C18H20Cl2N3O3S+. The molecule has 1 aliphatic rings. The van der Waals surface area contributed by atoms with E-state index >= 15 is 0 Å². The number of carbonyl (C=O) groups excluding carboxylic acids is 1. The van der Waals surface area contributed by atoms with Gasteiger partial charge < -0.3 is 10.2 Å². The molecule has 144 valence electrons. The predicted octanol–water partition coefficient (Wildman–Crippen LogP) is 1.52. The molecule has 1 heterocycles. The second kappa shape index (κ2) is 8.58. The van der Waals surface area contributed by atoms with Gasteiger partial charge in [-0.25, -0.2) is 8.42 Å². The monoisotopic (exact) mass is 428 g/mol. The van der Waals surface area contributed by atoms with E-state index in [1.807, 2.05) is 0 Å². The summed E-state index contributed by atoms with van der Waals surface area (Å²) < 4.78 is 26.7. The molecule has 0 radical (unpaired) electrons. The van der Waals surface area contributed by atoms with Crippen LogP contribution < -0.4 is 10.2 Å². The molecule has 0 bridgehead atoms. The summed E-state index contributed by atoms with van der Waals surface area (Å²) in [5, 5.41) is 3.59. The molecule has 2 N–H and O–H groups in total. The minimum Gasteiger partial charge on any atom is -0.325 e. The van der Waals surface area contributed by atoms with Crippen LogP contribution in [-0.2, 0) is 14.8 Å². The molecule has 1 fully saturated rings. The molecule has 9 heteroatoms. The van der Waals surface area contributed by atoms with Crippen molar-refractivity contribution < 1.29 is 18.1 Å². The van der Waals surface area contributed by atoms with E-state index in [-0.39, 0.29) is 12.5 Å². The molecule has 0 unspecified atom stereocenters. The number of quaternary nitrogens is 1. The highest BCUT2D eigenvalue weighted by molar-refractivity contribution is 7.89. The largest absolute Gasteiger partial charge is 0.325 e. The van der Waals surface area contributed by atoms with E-state index in [9.17, 15) is 13.2 Å². The number of rotatable bonds is 5. The molecule has 27 heavy (non-hydrogen) atoms. The zero-order valence-corrected chi connectivity index (χ0v) is 16.8. The second-order valence-corrected chi connectivity index (χ2v) is 9.07. The number of amides is 1. The van der Waals surface area contributed by atoms with Crippen LogP contribution in [0.5, 0.6) is 0 Å². The lowest BCUT2D eigenvalue weighted by Crippen LogP contribution is -3.15. The van der Waals surface area contributed by atoms with E-state index < -0.39 is 10.0 Å². The third-order valence-electron chi connectivity index (χ3n) is 4.42. The lowest BCUT2D eigenvalue weighted by molar-refractivity contribution is -0.895. The van der Waals surface area contributed by atoms with E-state index in [0.29, 0.717) is 46.8 Å². The molecule has 0 saturated carbocycles. The van der Waals surface area contributed by atoms with Crippen molar-refractivity contribution in [2.75, 3.05) is 38.0 Å². The van der Waals surface area contributed by atoms with Crippen LogP contribution in [0.1, 0.15) is 0 Å². The molecule has 0 aliphatic carbocycles. The summed E-state index contributed by atoms with van der Waals surface area (Å²) in [4.78, 5) is 13.6. The summed E-state index contributed by atoms with van der Waals surface area (Å²) in [5.41, 5.74) is 0.582. The highest BCUT2D eigenvalue weighted by atomic mass is 35.5. The molecule has 1 aliphatic heterocycles. The zero-order valence-electron chi connectivity index (χ0n) is 14.5. The molecule has 2 aromatic rings. The van der Waals surface area contributed by atoms with Crippen LogP contribution >= 0.6 is 23.2 Å². The Labute approximate surface area is 168 Å². The van der Waals surface area contributed by atoms with Crippen LogP contribution in [0.15, 0.2) is 53.4 Å². The third kappa shape index (κ3) is 5.00. The Bertz CT molecular complexity index is 915. The number of nitrogens with one attached hydrogen (secondary N) is 2. The molecule has 0 aromatic heterocycles. The molecule has 3 rings (SSSR count). The van der Waals surface area contributed by atoms with Crippen LogP contribution in [0.3, 0.4) is 0 Å². The summed E-state index contributed by atoms with van der Waals surface area (Å²) in [6, 6.07) is 13.3. The fraction of sp³-hybridized carbons (Fsp3) is 0.278. The summed E-state index contributed by atoms with van der Waals surface area (Å²) >= 11 is 11.8. The number of sulfonamides is 1. The van der Waals surface area contributed by atoms with Crippen LogP contribution in [-0.4, -0.2) is 51.4 Å². The van der Waals surface area contributed by atoms with Gasteiger partial charge in [-0.15, -0.1) is 0 Å². The Morgan fingerprint density at radius 1 is 1.04 bits per heavy atom. The maximum absolute atomic E-state index is 12.6. The topological polar surface area (TPSA) is 70.9 Å². The van der Waals surface area contributed by atoms with Crippen molar-refractivity contribution in [3.63, 3.8) is 0 Å². The summed E-state index contributed by atoms with van der Waals surface area (Å²) in [5.74, 6) is -0.150. The van der Waals surface area contributed by atoms with Gasteiger partial charge in [0.05, 0.1) is 41.1 Å². The predicted molar refractivity (Wildman–Crippen MR) is 106 cm³/mol. The highest BCUT2D eigenvalue weighted by Crippen LogP contribution is 2.24. The van der Waals surface area contributed by atoms with Gasteiger partial charge in [-0.3, -0.25) is 4.79 Å². The van der Waals surface area contributed by atoms with E-state index in [0.717, 1.165) is 4.90 Å². The quantitative estimate of drug-likeness (QED) is 0.758. The molecule has 6 nitrogen and oxygen atoms in total. The Kier molecular flexibility index (Phi) is 6.39. The van der Waals surface area contributed by atoms with Gasteiger partial charge in [0.2, 0.25) is 10.0 Å². The van der Waals surface area contributed by atoms with Crippen molar-refractivity contribution in [3.8, 4) is 0 Å². The first-order chi connectivity index (χ1) is 12.9. The van der Waals surface area contributed by atoms with Gasteiger partial charge in [0, 0.05) is 5.69 Å². The standard InChI is InChI=1S/C18H19Cl2N3O3S/c19-16-7-6-14(12-17(16)20)21-18(24)13-22-8-10-23(11-9-22)27(25,26)15-4-2-1-3-5-15/h1-7,12H,8-11,13H2,(H,21,24)/p+1. The molecule has 1 saturated heterocycles. The van der Waals surface area contributed by atoms with E-state index in [1.54, 1.807) is 48.5 Å². The molecule has 0 spiro atoms. The van der Waals surface area contributed by atoms with Crippen molar-refractivity contribution in [1.82, 2.24) is 4.31 Å². The van der Waals surface area contributed by atoms with Gasteiger partial charge in [-0.05, 0) is 30.3 Å². The number of hydrogen-bond acceptors (Lipinski definition) is 3. The van der Waals surface area contributed by atoms with Crippen LogP contribution in [0.4, 0.5) is 5.69 Å². The van der Waals surface area contributed by atoms with Crippen molar-refractivity contribution in [2.24, 2.45) is 0 Å². The van der Waals surface area contributed by atoms with Crippen molar-refractivity contribution in [3.05, 3.63) is 58.6 Å². The van der Waals surface area contributed by atoms with Gasteiger partial charge in [0.15, 0.2) is 6.54 Å². The first-order valence-electron chi connectivity index (χ1n) is 8.50. The van der Waals surface area contributed by atoms with E-state index in [1.165, 1.54) is 4.31 Å². The smallest absolute Gasteiger partial charge is 0.279 e. The van der Waals surface area contributed by atoms with Crippen LogP contribution in [0.2, 0.25) is 10.0 Å². The number of hydrogen-bond donors (Lipinski definition) is 2. The van der Waals surface area contributed by atoms with E-state index in [4.69, 9.17) is 23.2 Å². The zero-order chi connectivity index (χ0) is 19.4. The van der Waals surface area contributed by atoms with Gasteiger partial charge in [0.25, 0.3) is 5.91 Å². The Morgan fingerprint density at radius 2 is 1.70 bits per heavy atom. The number of carbonyl (C=O) groups is 1. The Hall–Kier alpha value is -1.64. The minimum absolute atomic E-state index is 0.150. The fourth-order valence-electron chi connectivity index (χ4n) is 2.97. The number of nitrogens with zero attached hydrogens (tertiary/aromatic N) is 1. The SMILES string of the molecule is O=C(C[NH+]1CCN(S(=O)(=O)c2ccccc2)CC1)Nc1ccc(Cl)c(Cl)c1. The summed E-state index contributed by atoms with van der Waals surface area (Å²) in [6.07, 6.45) is 0. The molecular weight excluding hydrogens is 409 g/mol. The maximum atomic E-state index is 12.6. The minimum atomic E-state index is -3.48.